The summed E-state index contributed by atoms with van der Waals surface area (Å²) in [4.78, 5) is 21.5. The van der Waals surface area contributed by atoms with E-state index in [4.69, 9.17) is 5.11 Å². The lowest BCUT2D eigenvalue weighted by atomic mass is 10.2. The Morgan fingerprint density at radius 3 is 2.39 bits per heavy atom. The minimum Gasteiger partial charge on any atom is -0.477 e. The summed E-state index contributed by atoms with van der Waals surface area (Å²) in [6, 6.07) is 3.50. The molecule has 2 rings (SSSR count). The van der Waals surface area contributed by atoms with Gasteiger partial charge in [0.25, 0.3) is 0 Å². The van der Waals surface area contributed by atoms with E-state index in [-0.39, 0.29) is 0 Å². The van der Waals surface area contributed by atoms with Gasteiger partial charge in [-0.05, 0) is 45.4 Å². The molecule has 0 aromatic carbocycles. The molecule has 0 saturated carbocycles. The van der Waals surface area contributed by atoms with Crippen molar-refractivity contribution < 1.29 is 14.7 Å². The third-order valence-electron chi connectivity index (χ3n) is 1.98. The van der Waals surface area contributed by atoms with Crippen molar-refractivity contribution in [2.24, 2.45) is 0 Å². The smallest absolute Gasteiger partial charge is 0.345 e. The summed E-state index contributed by atoms with van der Waals surface area (Å²) in [5, 5.41) is 12.3. The molecule has 0 saturated heterocycles. The summed E-state index contributed by atoms with van der Waals surface area (Å²) in [6.45, 7) is 2.01. The van der Waals surface area contributed by atoms with Gasteiger partial charge in [0.1, 0.15) is 4.88 Å². The van der Waals surface area contributed by atoms with Crippen LogP contribution in [0.2, 0.25) is 0 Å². The maximum Gasteiger partial charge on any atom is 0.345 e. The van der Waals surface area contributed by atoms with Crippen molar-refractivity contribution in [3.63, 3.8) is 0 Å². The average molecular weight is 347 g/mol. The number of carboxylic acids is 1. The van der Waals surface area contributed by atoms with Crippen molar-refractivity contribution in [1.29, 1.82) is 0 Å². The third kappa shape index (κ3) is 4.72. The van der Waals surface area contributed by atoms with Crippen molar-refractivity contribution in [1.82, 2.24) is 0 Å². The minimum absolute atomic E-state index is 0.428. The Morgan fingerprint density at radius 1 is 1.39 bits per heavy atom. The highest BCUT2D eigenvalue weighted by Gasteiger charge is 2.04. The zero-order valence-corrected chi connectivity index (χ0v) is 12.8. The first-order chi connectivity index (χ1) is 8.56. The molecule has 0 spiro atoms. The van der Waals surface area contributed by atoms with Crippen molar-refractivity contribution in [2.45, 2.75) is 13.3 Å². The van der Waals surface area contributed by atoms with Crippen LogP contribution in [0.3, 0.4) is 0 Å². The number of hydrogen-bond donors (Lipinski definition) is 1. The van der Waals surface area contributed by atoms with Crippen LogP contribution < -0.4 is 0 Å². The number of carbonyl (C=O) groups is 2. The van der Waals surface area contributed by atoms with Crippen molar-refractivity contribution >= 4 is 50.9 Å². The van der Waals surface area contributed by atoms with Gasteiger partial charge in [0, 0.05) is 9.85 Å². The summed E-state index contributed by atoms with van der Waals surface area (Å²) in [5.74, 6) is -0.829. The molecule has 0 aliphatic carbocycles. The Bertz CT molecular complexity index is 531. The maximum atomic E-state index is 10.3. The Balaban J connectivity index is 0.000000184. The fraction of sp³-hybridized carbons (Fsp3) is 0.167. The number of halogens is 1. The standard InChI is InChI=1S/C7H8O2S.C5H3BrOS/c1-2-5-3-6(7(8)9)10-4-5;6-4-1-5(2-7)8-3-4/h3-4H,2H2,1H3,(H,8,9);1-3H. The Morgan fingerprint density at radius 2 is 2.11 bits per heavy atom. The number of aldehydes is 1. The maximum absolute atomic E-state index is 10.3. The van der Waals surface area contributed by atoms with Gasteiger partial charge in [-0.2, -0.15) is 0 Å². The van der Waals surface area contributed by atoms with Crippen LogP contribution in [0.25, 0.3) is 0 Å². The largest absolute Gasteiger partial charge is 0.477 e. The molecule has 2 heterocycles. The van der Waals surface area contributed by atoms with Crippen LogP contribution in [0.1, 0.15) is 31.8 Å². The molecule has 96 valence electrons. The van der Waals surface area contributed by atoms with Gasteiger partial charge in [-0.25, -0.2) is 4.79 Å². The molecule has 0 bridgehead atoms. The topological polar surface area (TPSA) is 54.4 Å². The quantitative estimate of drug-likeness (QED) is 0.841. The fourth-order valence-corrected chi connectivity index (χ4v) is 3.14. The lowest BCUT2D eigenvalue weighted by Crippen LogP contribution is -1.90. The van der Waals surface area contributed by atoms with E-state index in [1.807, 2.05) is 17.7 Å². The van der Waals surface area contributed by atoms with Crippen LogP contribution in [0, 0.1) is 0 Å². The summed E-state index contributed by atoms with van der Waals surface area (Å²) < 4.78 is 0.976. The van der Waals surface area contributed by atoms with E-state index >= 15 is 0 Å². The number of rotatable bonds is 3. The molecular weight excluding hydrogens is 336 g/mol. The molecule has 0 fully saturated rings. The molecule has 0 aliphatic rings. The van der Waals surface area contributed by atoms with Crippen LogP contribution in [-0.4, -0.2) is 17.4 Å². The lowest BCUT2D eigenvalue weighted by molar-refractivity contribution is 0.0702. The second-order valence-electron chi connectivity index (χ2n) is 3.26. The third-order valence-corrected chi connectivity index (χ3v) is 4.56. The molecule has 0 radical (unpaired) electrons. The molecule has 3 nitrogen and oxygen atoms in total. The highest BCUT2D eigenvalue weighted by molar-refractivity contribution is 9.10. The van der Waals surface area contributed by atoms with Gasteiger partial charge in [0.15, 0.2) is 6.29 Å². The van der Waals surface area contributed by atoms with Crippen molar-refractivity contribution in [3.8, 4) is 0 Å². The SMILES string of the molecule is CCc1csc(C(=O)O)c1.O=Cc1cc(Br)cs1. The van der Waals surface area contributed by atoms with E-state index in [9.17, 15) is 9.59 Å². The van der Waals surface area contributed by atoms with E-state index in [1.54, 1.807) is 12.1 Å². The summed E-state index contributed by atoms with van der Waals surface area (Å²) in [7, 11) is 0. The summed E-state index contributed by atoms with van der Waals surface area (Å²) >= 11 is 5.94. The predicted molar refractivity (Wildman–Crippen MR) is 78.1 cm³/mol. The number of aryl methyl sites for hydroxylation is 1. The number of aromatic carboxylic acids is 1. The zero-order chi connectivity index (χ0) is 13.5. The van der Waals surface area contributed by atoms with E-state index in [1.165, 1.54) is 22.7 Å². The number of thiophene rings is 2. The number of carbonyl (C=O) groups excluding carboxylic acids is 1. The first-order valence-corrected chi connectivity index (χ1v) is 7.62. The highest BCUT2D eigenvalue weighted by Crippen LogP contribution is 2.17. The normalized spacial score (nSPS) is 9.44. The molecule has 1 N–H and O–H groups in total. The summed E-state index contributed by atoms with van der Waals surface area (Å²) in [6.07, 6.45) is 1.75. The molecule has 2 aromatic heterocycles. The number of hydrogen-bond acceptors (Lipinski definition) is 4. The van der Waals surface area contributed by atoms with Gasteiger partial charge in [-0.1, -0.05) is 6.92 Å². The van der Waals surface area contributed by atoms with E-state index < -0.39 is 5.97 Å². The van der Waals surface area contributed by atoms with E-state index in [2.05, 4.69) is 15.9 Å². The molecular formula is C12H11BrO3S2. The fourth-order valence-electron chi connectivity index (χ4n) is 1.06. The van der Waals surface area contributed by atoms with Gasteiger partial charge >= 0.3 is 5.97 Å². The minimum atomic E-state index is -0.829. The first-order valence-electron chi connectivity index (χ1n) is 5.06. The monoisotopic (exact) mass is 346 g/mol. The van der Waals surface area contributed by atoms with E-state index in [0.717, 1.165) is 27.6 Å². The Hall–Kier alpha value is -0.980. The van der Waals surface area contributed by atoms with Crippen LogP contribution in [0.4, 0.5) is 0 Å². The lowest BCUT2D eigenvalue weighted by Gasteiger charge is -1.82. The molecule has 0 unspecified atom stereocenters. The number of carboxylic acid groups (broad SMARTS) is 1. The predicted octanol–water partition coefficient (Wildman–Crippen LogP) is 4.33. The van der Waals surface area contributed by atoms with Gasteiger partial charge < -0.3 is 5.11 Å². The van der Waals surface area contributed by atoms with E-state index in [0.29, 0.717) is 4.88 Å². The van der Waals surface area contributed by atoms with Crippen LogP contribution >= 0.6 is 38.6 Å². The highest BCUT2D eigenvalue weighted by atomic mass is 79.9. The Kier molecular flexibility index (Phi) is 6.24. The zero-order valence-electron chi connectivity index (χ0n) is 9.55. The van der Waals surface area contributed by atoms with Gasteiger partial charge in [0.05, 0.1) is 4.88 Å². The molecule has 18 heavy (non-hydrogen) atoms. The molecule has 6 heteroatoms. The van der Waals surface area contributed by atoms with Gasteiger partial charge in [0.2, 0.25) is 0 Å². The van der Waals surface area contributed by atoms with Crippen molar-refractivity contribution in [3.05, 3.63) is 42.7 Å². The Labute approximate surface area is 121 Å². The molecule has 2 aromatic rings. The second-order valence-corrected chi connectivity index (χ2v) is 6.03. The van der Waals surface area contributed by atoms with Crippen LogP contribution in [-0.2, 0) is 6.42 Å². The average Bonchev–Trinajstić information content (AvgIpc) is 2.97. The molecule has 0 amide bonds. The van der Waals surface area contributed by atoms with Crippen LogP contribution in [0.15, 0.2) is 27.4 Å². The summed E-state index contributed by atoms with van der Waals surface area (Å²) in [5.41, 5.74) is 1.10. The molecule has 0 atom stereocenters. The van der Waals surface area contributed by atoms with Gasteiger partial charge in [-0.15, -0.1) is 22.7 Å². The second kappa shape index (κ2) is 7.45. The van der Waals surface area contributed by atoms with Crippen LogP contribution in [0.5, 0.6) is 0 Å². The van der Waals surface area contributed by atoms with Gasteiger partial charge in [-0.3, -0.25) is 4.79 Å². The first kappa shape index (κ1) is 15.1. The molecule has 0 aliphatic heterocycles. The van der Waals surface area contributed by atoms with Crippen molar-refractivity contribution in [2.75, 3.05) is 0 Å².